The highest BCUT2D eigenvalue weighted by Gasteiger charge is 2.24. The Labute approximate surface area is 222 Å². The zero-order chi connectivity index (χ0) is 26.6. The quantitative estimate of drug-likeness (QED) is 0.319. The molecule has 1 aromatic heterocycles. The van der Waals surface area contributed by atoms with E-state index in [0.717, 1.165) is 15.6 Å². The third-order valence-electron chi connectivity index (χ3n) is 6.83. The van der Waals surface area contributed by atoms with Crippen LogP contribution in [0.4, 0.5) is 0 Å². The Hall–Kier alpha value is -1.93. The summed E-state index contributed by atoms with van der Waals surface area (Å²) in [5, 5.41) is 0. The van der Waals surface area contributed by atoms with Gasteiger partial charge in [0.05, 0.1) is 0 Å². The Morgan fingerprint density at radius 3 is 0.943 bits per heavy atom. The fourth-order valence-electron chi connectivity index (χ4n) is 4.15. The Morgan fingerprint density at radius 1 is 0.457 bits per heavy atom. The summed E-state index contributed by atoms with van der Waals surface area (Å²) >= 11 is 4.01. The molecule has 188 valence electrons. The molecular formula is C33H44BrN. The minimum Gasteiger partial charge on any atom is -0.263 e. The molecule has 3 aromatic rings. The van der Waals surface area contributed by atoms with Crippen molar-refractivity contribution in [3.05, 3.63) is 75.5 Å². The van der Waals surface area contributed by atoms with E-state index < -0.39 is 0 Å². The van der Waals surface area contributed by atoms with E-state index in [9.17, 15) is 0 Å². The second-order valence-electron chi connectivity index (χ2n) is 14.1. The minimum absolute atomic E-state index is 0.0656. The molecule has 0 N–H and O–H groups in total. The molecule has 0 spiro atoms. The molecule has 3 rings (SSSR count). The first-order valence-electron chi connectivity index (χ1n) is 12.7. The number of nitrogens with zero attached hydrogens (tertiary/aromatic N) is 1. The van der Waals surface area contributed by atoms with Crippen LogP contribution < -0.4 is 0 Å². The van der Waals surface area contributed by atoms with Crippen molar-refractivity contribution in [2.45, 2.75) is 105 Å². The van der Waals surface area contributed by atoms with Crippen LogP contribution in [0, 0.1) is 0 Å². The van der Waals surface area contributed by atoms with E-state index in [-0.39, 0.29) is 21.7 Å². The van der Waals surface area contributed by atoms with Crippen LogP contribution in [0.25, 0.3) is 22.3 Å². The summed E-state index contributed by atoms with van der Waals surface area (Å²) in [4.78, 5) is 4.74. The number of rotatable bonds is 2. The van der Waals surface area contributed by atoms with Crippen LogP contribution >= 0.6 is 15.9 Å². The topological polar surface area (TPSA) is 12.9 Å². The first kappa shape index (κ1) is 27.7. The van der Waals surface area contributed by atoms with Gasteiger partial charge < -0.3 is 0 Å². The van der Waals surface area contributed by atoms with Gasteiger partial charge in [0.2, 0.25) is 0 Å². The maximum Gasteiger partial charge on any atom is 0.0363 e. The van der Waals surface area contributed by atoms with Crippen molar-refractivity contribution in [2.24, 2.45) is 0 Å². The van der Waals surface area contributed by atoms with Gasteiger partial charge in [-0.3, -0.25) is 4.98 Å². The molecule has 0 aliphatic heterocycles. The fraction of sp³-hybridized carbons (Fsp3) is 0.485. The number of aromatic nitrogens is 1. The van der Waals surface area contributed by atoms with E-state index >= 15 is 0 Å². The van der Waals surface area contributed by atoms with Gasteiger partial charge in [0.1, 0.15) is 0 Å². The van der Waals surface area contributed by atoms with Crippen molar-refractivity contribution in [3.63, 3.8) is 0 Å². The van der Waals surface area contributed by atoms with Crippen LogP contribution in [0.1, 0.15) is 105 Å². The highest BCUT2D eigenvalue weighted by atomic mass is 79.9. The lowest BCUT2D eigenvalue weighted by atomic mass is 9.78. The van der Waals surface area contributed by atoms with Gasteiger partial charge in [0.15, 0.2) is 0 Å². The Kier molecular flexibility index (Phi) is 7.25. The molecule has 1 heterocycles. The van der Waals surface area contributed by atoms with Gasteiger partial charge >= 0.3 is 0 Å². The SMILES string of the molecule is CC(C)(C)c1cc(-c2cncc(-c3cc(C(C)(C)C)cc(C(C)(C)C)c3)c2Br)cc(C(C)(C)C)c1. The van der Waals surface area contributed by atoms with Crippen molar-refractivity contribution in [2.75, 3.05) is 0 Å². The van der Waals surface area contributed by atoms with Gasteiger partial charge in [-0.1, -0.05) is 119 Å². The lowest BCUT2D eigenvalue weighted by molar-refractivity contribution is 0.568. The van der Waals surface area contributed by atoms with Gasteiger partial charge in [-0.2, -0.15) is 0 Å². The predicted octanol–water partition coefficient (Wildman–Crippen LogP) is 10.4. The molecule has 2 aromatic carbocycles. The van der Waals surface area contributed by atoms with Crippen molar-refractivity contribution in [1.29, 1.82) is 0 Å². The van der Waals surface area contributed by atoms with Gasteiger partial charge in [0.25, 0.3) is 0 Å². The second kappa shape index (κ2) is 9.18. The molecule has 0 saturated heterocycles. The van der Waals surface area contributed by atoms with Gasteiger partial charge in [-0.15, -0.1) is 0 Å². The van der Waals surface area contributed by atoms with E-state index in [0.29, 0.717) is 0 Å². The Bertz CT molecular complexity index is 1060. The summed E-state index contributed by atoms with van der Waals surface area (Å²) in [5.74, 6) is 0. The second-order valence-corrected chi connectivity index (χ2v) is 14.9. The van der Waals surface area contributed by atoms with E-state index in [2.05, 4.69) is 135 Å². The molecule has 0 bridgehead atoms. The lowest BCUT2D eigenvalue weighted by Crippen LogP contribution is -2.16. The number of hydrogen-bond acceptors (Lipinski definition) is 1. The number of hydrogen-bond donors (Lipinski definition) is 0. The smallest absolute Gasteiger partial charge is 0.0363 e. The van der Waals surface area contributed by atoms with E-state index in [1.54, 1.807) is 0 Å². The average Bonchev–Trinajstić information content (AvgIpc) is 2.70. The predicted molar refractivity (Wildman–Crippen MR) is 158 cm³/mol. The summed E-state index contributed by atoms with van der Waals surface area (Å²) in [6.07, 6.45) is 4.00. The molecule has 0 amide bonds. The first-order valence-corrected chi connectivity index (χ1v) is 13.5. The maximum atomic E-state index is 4.74. The van der Waals surface area contributed by atoms with Gasteiger partial charge in [0, 0.05) is 28.0 Å². The molecule has 2 heteroatoms. The Balaban J connectivity index is 2.29. The summed E-state index contributed by atoms with van der Waals surface area (Å²) in [6.45, 7) is 27.4. The molecule has 0 fully saturated rings. The highest BCUT2D eigenvalue weighted by Crippen LogP contribution is 2.41. The normalized spacial score (nSPS) is 13.3. The molecule has 0 aliphatic rings. The fourth-order valence-corrected chi connectivity index (χ4v) is 4.81. The van der Waals surface area contributed by atoms with Gasteiger partial charge in [-0.05, 0) is 71.0 Å². The van der Waals surface area contributed by atoms with Crippen LogP contribution in [0.3, 0.4) is 0 Å². The van der Waals surface area contributed by atoms with Crippen molar-refractivity contribution in [3.8, 4) is 22.3 Å². The van der Waals surface area contributed by atoms with Crippen LogP contribution in [0.2, 0.25) is 0 Å². The van der Waals surface area contributed by atoms with Crippen LogP contribution in [-0.4, -0.2) is 4.98 Å². The lowest BCUT2D eigenvalue weighted by Gasteiger charge is -2.27. The van der Waals surface area contributed by atoms with E-state index in [1.165, 1.54) is 33.4 Å². The molecule has 0 unspecified atom stereocenters. The van der Waals surface area contributed by atoms with Crippen LogP contribution in [-0.2, 0) is 21.7 Å². The average molecular weight is 535 g/mol. The zero-order valence-electron chi connectivity index (χ0n) is 23.9. The van der Waals surface area contributed by atoms with Crippen molar-refractivity contribution >= 4 is 15.9 Å². The standard InChI is InChI=1S/C33H44BrN/c1-30(2,3)23-13-21(14-24(17-23)31(4,5)6)27-19-35-20-28(29(27)34)22-15-25(32(7,8)9)18-26(16-22)33(10,11)12/h13-20H,1-12H3. The molecular weight excluding hydrogens is 490 g/mol. The number of pyridine rings is 1. The highest BCUT2D eigenvalue weighted by molar-refractivity contribution is 9.10. The monoisotopic (exact) mass is 533 g/mol. The number of halogens is 1. The minimum atomic E-state index is 0.0656. The maximum absolute atomic E-state index is 4.74. The summed E-state index contributed by atoms with van der Waals surface area (Å²) in [5.41, 5.74) is 10.4. The third kappa shape index (κ3) is 6.26. The van der Waals surface area contributed by atoms with Gasteiger partial charge in [-0.25, -0.2) is 0 Å². The zero-order valence-corrected chi connectivity index (χ0v) is 25.5. The van der Waals surface area contributed by atoms with Crippen LogP contribution in [0.5, 0.6) is 0 Å². The van der Waals surface area contributed by atoms with E-state index in [1.807, 2.05) is 12.4 Å². The van der Waals surface area contributed by atoms with Crippen molar-refractivity contribution in [1.82, 2.24) is 4.98 Å². The summed E-state index contributed by atoms with van der Waals surface area (Å²) in [6, 6.07) is 14.1. The van der Waals surface area contributed by atoms with Crippen LogP contribution in [0.15, 0.2) is 53.3 Å². The molecule has 0 atom stereocenters. The number of benzene rings is 2. The first-order chi connectivity index (χ1) is 15.8. The molecule has 1 nitrogen and oxygen atoms in total. The summed E-state index contributed by atoms with van der Waals surface area (Å²) < 4.78 is 1.10. The Morgan fingerprint density at radius 2 is 0.714 bits per heavy atom. The molecule has 0 aliphatic carbocycles. The van der Waals surface area contributed by atoms with E-state index in [4.69, 9.17) is 4.98 Å². The summed E-state index contributed by atoms with van der Waals surface area (Å²) in [7, 11) is 0. The molecule has 35 heavy (non-hydrogen) atoms. The largest absolute Gasteiger partial charge is 0.263 e. The third-order valence-corrected chi connectivity index (χ3v) is 7.69. The van der Waals surface area contributed by atoms with Crippen molar-refractivity contribution < 1.29 is 0 Å². The molecule has 0 saturated carbocycles. The molecule has 0 radical (unpaired) electrons.